The van der Waals surface area contributed by atoms with Gasteiger partial charge in [0.05, 0.1) is 18.1 Å². The Morgan fingerprint density at radius 1 is 1.20 bits per heavy atom. The fourth-order valence-corrected chi connectivity index (χ4v) is 6.05. The Balaban J connectivity index is 1.47. The largest absolute Gasteiger partial charge is 0.379 e. The molecule has 2 aliphatic rings. The topological polar surface area (TPSA) is 41.6 Å². The number of benzene rings is 1. The van der Waals surface area contributed by atoms with Crippen LogP contribution in [0.25, 0.3) is 10.1 Å². The molecule has 4 rings (SSSR count). The first-order chi connectivity index (χ1) is 12.3. The van der Waals surface area contributed by atoms with E-state index < -0.39 is 0 Å². The number of carbonyl (C=O) groups is 1. The molecule has 2 fully saturated rings. The van der Waals surface area contributed by atoms with Gasteiger partial charge in [0.25, 0.3) is 5.91 Å². The Bertz CT molecular complexity index is 701. The molecule has 1 aromatic heterocycles. The summed E-state index contributed by atoms with van der Waals surface area (Å²) in [5, 5.41) is 4.40. The highest BCUT2D eigenvalue weighted by molar-refractivity contribution is 7.99. The molecule has 1 amide bonds. The van der Waals surface area contributed by atoms with E-state index in [-0.39, 0.29) is 11.4 Å². The van der Waals surface area contributed by atoms with Crippen molar-refractivity contribution in [3.63, 3.8) is 0 Å². The van der Waals surface area contributed by atoms with Gasteiger partial charge in [-0.3, -0.25) is 9.69 Å². The van der Waals surface area contributed by atoms with Gasteiger partial charge in [0, 0.05) is 29.9 Å². The summed E-state index contributed by atoms with van der Waals surface area (Å²) in [5.74, 6) is 2.42. The highest BCUT2D eigenvalue weighted by Gasteiger charge is 2.39. The van der Waals surface area contributed by atoms with Crippen LogP contribution >= 0.6 is 23.1 Å². The first-order valence-electron chi connectivity index (χ1n) is 8.94. The lowest BCUT2D eigenvalue weighted by Gasteiger charge is -2.48. The fraction of sp³-hybridized carbons (Fsp3) is 0.526. The summed E-state index contributed by atoms with van der Waals surface area (Å²) in [5.41, 5.74) is 0.0986. The van der Waals surface area contributed by atoms with Crippen LogP contribution in [0.3, 0.4) is 0 Å². The SMILES string of the molecule is O=C(NCC1(N2CCOCC2)CCSCC1)c1cc2ccccc2s1. The number of carbonyl (C=O) groups excluding carboxylic acids is 1. The third-order valence-electron chi connectivity index (χ3n) is 5.33. The molecule has 0 aliphatic carbocycles. The number of hydrogen-bond acceptors (Lipinski definition) is 5. The lowest BCUT2D eigenvalue weighted by atomic mass is 9.89. The maximum atomic E-state index is 12.7. The minimum Gasteiger partial charge on any atom is -0.379 e. The van der Waals surface area contributed by atoms with Gasteiger partial charge in [-0.1, -0.05) is 18.2 Å². The molecular weight excluding hydrogens is 352 g/mol. The number of nitrogens with zero attached hydrogens (tertiary/aromatic N) is 1. The van der Waals surface area contributed by atoms with Crippen LogP contribution < -0.4 is 5.32 Å². The number of ether oxygens (including phenoxy) is 1. The van der Waals surface area contributed by atoms with Gasteiger partial charge in [-0.2, -0.15) is 11.8 Å². The summed E-state index contributed by atoms with van der Waals surface area (Å²) in [6, 6.07) is 10.2. The monoisotopic (exact) mass is 376 g/mol. The second-order valence-corrected chi connectivity index (χ2v) is 9.08. The molecule has 2 aromatic rings. The number of rotatable bonds is 4. The number of thioether (sulfide) groups is 1. The number of amides is 1. The summed E-state index contributed by atoms with van der Waals surface area (Å²) in [6.45, 7) is 4.30. The predicted octanol–water partition coefficient (Wildman–Crippen LogP) is 3.23. The minimum absolute atomic E-state index is 0.0621. The second kappa shape index (κ2) is 7.66. The van der Waals surface area contributed by atoms with Crippen molar-refractivity contribution in [3.8, 4) is 0 Å². The first-order valence-corrected chi connectivity index (χ1v) is 10.9. The normalized spacial score (nSPS) is 21.3. The molecule has 0 atom stereocenters. The number of nitrogens with one attached hydrogen (secondary N) is 1. The zero-order valence-electron chi connectivity index (χ0n) is 14.3. The van der Waals surface area contributed by atoms with Crippen molar-refractivity contribution in [2.75, 3.05) is 44.4 Å². The minimum atomic E-state index is 0.0621. The van der Waals surface area contributed by atoms with Crippen LogP contribution in [-0.2, 0) is 4.74 Å². The molecule has 4 nitrogen and oxygen atoms in total. The van der Waals surface area contributed by atoms with Crippen molar-refractivity contribution in [3.05, 3.63) is 35.2 Å². The summed E-state index contributed by atoms with van der Waals surface area (Å²) in [6.07, 6.45) is 2.29. The lowest BCUT2D eigenvalue weighted by Crippen LogP contribution is -2.60. The first kappa shape index (κ1) is 17.3. The molecule has 3 heterocycles. The van der Waals surface area contributed by atoms with E-state index in [2.05, 4.69) is 22.3 Å². The van der Waals surface area contributed by atoms with Gasteiger partial charge in [0.1, 0.15) is 0 Å². The van der Waals surface area contributed by atoms with Crippen LogP contribution in [0.1, 0.15) is 22.5 Å². The maximum absolute atomic E-state index is 12.7. The molecule has 0 saturated carbocycles. The zero-order valence-corrected chi connectivity index (χ0v) is 16.0. The van der Waals surface area contributed by atoms with Crippen molar-refractivity contribution < 1.29 is 9.53 Å². The van der Waals surface area contributed by atoms with E-state index in [4.69, 9.17) is 4.74 Å². The number of thiophene rings is 1. The Morgan fingerprint density at radius 2 is 1.96 bits per heavy atom. The summed E-state index contributed by atoms with van der Waals surface area (Å²) < 4.78 is 6.70. The standard InChI is InChI=1S/C19H24N2O2S2/c22-18(17-13-15-3-1-2-4-16(15)25-17)20-14-19(5-11-24-12-6-19)21-7-9-23-10-8-21/h1-4,13H,5-12,14H2,(H,20,22). The van der Waals surface area contributed by atoms with E-state index in [0.29, 0.717) is 0 Å². The second-order valence-electron chi connectivity index (χ2n) is 6.77. The number of fused-ring (bicyclic) bond motifs is 1. The molecule has 1 N–H and O–H groups in total. The molecule has 6 heteroatoms. The molecule has 2 aliphatic heterocycles. The van der Waals surface area contributed by atoms with Gasteiger partial charge in [0.15, 0.2) is 0 Å². The molecule has 0 unspecified atom stereocenters. The predicted molar refractivity (Wildman–Crippen MR) is 106 cm³/mol. The van der Waals surface area contributed by atoms with Crippen molar-refractivity contribution in [2.24, 2.45) is 0 Å². The molecule has 25 heavy (non-hydrogen) atoms. The van der Waals surface area contributed by atoms with Crippen molar-refractivity contribution in [2.45, 2.75) is 18.4 Å². The Labute approximate surface area is 156 Å². The van der Waals surface area contributed by atoms with E-state index in [0.717, 1.165) is 56.0 Å². The zero-order chi connectivity index (χ0) is 17.1. The van der Waals surface area contributed by atoms with Gasteiger partial charge in [-0.05, 0) is 41.9 Å². The van der Waals surface area contributed by atoms with Crippen molar-refractivity contribution in [1.29, 1.82) is 0 Å². The third kappa shape index (κ3) is 3.72. The van der Waals surface area contributed by atoms with E-state index in [1.54, 1.807) is 11.3 Å². The summed E-state index contributed by atoms with van der Waals surface area (Å²) in [7, 11) is 0. The van der Waals surface area contributed by atoms with E-state index in [1.165, 1.54) is 16.2 Å². The van der Waals surface area contributed by atoms with Gasteiger partial charge in [-0.15, -0.1) is 11.3 Å². The van der Waals surface area contributed by atoms with Gasteiger partial charge in [-0.25, -0.2) is 0 Å². The van der Waals surface area contributed by atoms with Crippen LogP contribution in [-0.4, -0.2) is 60.7 Å². The van der Waals surface area contributed by atoms with E-state index in [9.17, 15) is 4.79 Å². The molecular formula is C19H24N2O2S2. The van der Waals surface area contributed by atoms with Crippen LogP contribution in [0.2, 0.25) is 0 Å². The maximum Gasteiger partial charge on any atom is 0.261 e. The third-order valence-corrected chi connectivity index (χ3v) is 7.43. The number of morpholine rings is 1. The molecule has 0 radical (unpaired) electrons. The quantitative estimate of drug-likeness (QED) is 0.890. The van der Waals surface area contributed by atoms with Gasteiger partial charge in [0.2, 0.25) is 0 Å². The molecule has 134 valence electrons. The van der Waals surface area contributed by atoms with Gasteiger partial charge >= 0.3 is 0 Å². The summed E-state index contributed by atoms with van der Waals surface area (Å²) in [4.78, 5) is 16.1. The van der Waals surface area contributed by atoms with Crippen LogP contribution in [0.4, 0.5) is 0 Å². The highest BCUT2D eigenvalue weighted by atomic mass is 32.2. The van der Waals surface area contributed by atoms with Crippen LogP contribution in [0, 0.1) is 0 Å². The average Bonchev–Trinajstić information content (AvgIpc) is 3.12. The van der Waals surface area contributed by atoms with Crippen molar-refractivity contribution in [1.82, 2.24) is 10.2 Å². The van der Waals surface area contributed by atoms with Crippen LogP contribution in [0.5, 0.6) is 0 Å². The van der Waals surface area contributed by atoms with Gasteiger partial charge < -0.3 is 10.1 Å². The van der Waals surface area contributed by atoms with Crippen molar-refractivity contribution >= 4 is 39.1 Å². The molecule has 2 saturated heterocycles. The Kier molecular flexibility index (Phi) is 5.31. The Morgan fingerprint density at radius 3 is 2.72 bits per heavy atom. The molecule has 1 aromatic carbocycles. The fourth-order valence-electron chi connectivity index (χ4n) is 3.82. The average molecular weight is 377 g/mol. The Hall–Kier alpha value is -1.08. The molecule has 0 spiro atoms. The summed E-state index contributed by atoms with van der Waals surface area (Å²) >= 11 is 3.60. The van der Waals surface area contributed by atoms with E-state index >= 15 is 0 Å². The van der Waals surface area contributed by atoms with E-state index in [1.807, 2.05) is 30.0 Å². The lowest BCUT2D eigenvalue weighted by molar-refractivity contribution is -0.0254. The van der Waals surface area contributed by atoms with Crippen LogP contribution in [0.15, 0.2) is 30.3 Å². The molecule has 0 bridgehead atoms. The highest BCUT2D eigenvalue weighted by Crippen LogP contribution is 2.33. The smallest absolute Gasteiger partial charge is 0.261 e. The number of hydrogen-bond donors (Lipinski definition) is 1.